The van der Waals surface area contributed by atoms with Crippen molar-refractivity contribution in [2.24, 2.45) is 0 Å². The number of nitrogens with one attached hydrogen (secondary N) is 1. The van der Waals surface area contributed by atoms with Gasteiger partial charge in [-0.15, -0.1) is 0 Å². The van der Waals surface area contributed by atoms with Gasteiger partial charge >= 0.3 is 0 Å². The van der Waals surface area contributed by atoms with Crippen LogP contribution in [0.2, 0.25) is 0 Å². The van der Waals surface area contributed by atoms with E-state index in [1.54, 1.807) is 11.9 Å². The van der Waals surface area contributed by atoms with E-state index >= 15 is 0 Å². The summed E-state index contributed by atoms with van der Waals surface area (Å²) in [7, 11) is 1.73. The number of aromatic nitrogens is 2. The van der Waals surface area contributed by atoms with E-state index in [1.165, 1.54) is 25.3 Å². The number of nitrogens with zero attached hydrogens (tertiary/aromatic N) is 4. The number of rotatable bonds is 9. The van der Waals surface area contributed by atoms with Crippen LogP contribution in [-0.2, 0) is 9.59 Å². The largest absolute Gasteiger partial charge is 0.349 e. The van der Waals surface area contributed by atoms with Crippen molar-refractivity contribution in [1.29, 1.82) is 0 Å². The summed E-state index contributed by atoms with van der Waals surface area (Å²) in [6.07, 6.45) is 5.98. The van der Waals surface area contributed by atoms with Crippen molar-refractivity contribution >= 4 is 22.8 Å². The summed E-state index contributed by atoms with van der Waals surface area (Å²) in [5, 5.41) is 3.26. The molecule has 5 rings (SSSR count). The number of aryl methyl sites for hydroxylation is 1. The van der Waals surface area contributed by atoms with Gasteiger partial charge in [0.15, 0.2) is 0 Å². The van der Waals surface area contributed by atoms with Gasteiger partial charge in [0.2, 0.25) is 11.8 Å². The zero-order valence-corrected chi connectivity index (χ0v) is 22.3. The van der Waals surface area contributed by atoms with Crippen LogP contribution in [-0.4, -0.2) is 63.4 Å². The number of hydrogen-bond donors (Lipinski definition) is 1. The molecular weight excluding hydrogens is 462 g/mol. The zero-order chi connectivity index (χ0) is 25.9. The molecule has 2 saturated heterocycles. The van der Waals surface area contributed by atoms with Gasteiger partial charge in [0.25, 0.3) is 0 Å². The fourth-order valence-corrected chi connectivity index (χ4v) is 6.43. The number of piperidine rings is 1. The molecule has 3 aromatic rings. The number of benzene rings is 2. The van der Waals surface area contributed by atoms with Crippen LogP contribution in [0.25, 0.3) is 11.0 Å². The van der Waals surface area contributed by atoms with Crippen LogP contribution in [0.15, 0.2) is 54.6 Å². The molecule has 0 spiro atoms. The Hall–Kier alpha value is -3.19. The number of amides is 2. The molecule has 2 amide bonds. The number of carbonyl (C=O) groups is 2. The highest BCUT2D eigenvalue weighted by Gasteiger charge is 2.41. The molecule has 0 radical (unpaired) electrons. The summed E-state index contributed by atoms with van der Waals surface area (Å²) >= 11 is 0. The second-order valence-electron chi connectivity index (χ2n) is 10.8. The van der Waals surface area contributed by atoms with E-state index in [2.05, 4.69) is 58.1 Å². The van der Waals surface area contributed by atoms with Crippen LogP contribution >= 0.6 is 0 Å². The van der Waals surface area contributed by atoms with Crippen molar-refractivity contribution in [2.45, 2.75) is 76.5 Å². The maximum absolute atomic E-state index is 12.8. The third-order valence-electron chi connectivity index (χ3n) is 8.42. The Balaban J connectivity index is 1.24. The molecule has 2 bridgehead atoms. The summed E-state index contributed by atoms with van der Waals surface area (Å²) < 4.78 is 2.48. The van der Waals surface area contributed by atoms with Crippen molar-refractivity contribution in [1.82, 2.24) is 24.7 Å². The molecule has 0 saturated carbocycles. The first-order valence-electron chi connectivity index (χ1n) is 13.7. The molecule has 2 aliphatic rings. The molecule has 1 aromatic heterocycles. The van der Waals surface area contributed by atoms with Gasteiger partial charge in [0, 0.05) is 51.6 Å². The lowest BCUT2D eigenvalue weighted by atomic mass is 9.95. The van der Waals surface area contributed by atoms with Crippen LogP contribution < -0.4 is 5.32 Å². The predicted molar refractivity (Wildman–Crippen MR) is 146 cm³/mol. The van der Waals surface area contributed by atoms with E-state index < -0.39 is 0 Å². The van der Waals surface area contributed by atoms with Gasteiger partial charge in [-0.05, 0) is 56.7 Å². The minimum Gasteiger partial charge on any atom is -0.349 e. The lowest BCUT2D eigenvalue weighted by molar-refractivity contribution is -0.128. The van der Waals surface area contributed by atoms with Crippen molar-refractivity contribution in [2.75, 3.05) is 20.1 Å². The quantitative estimate of drug-likeness (QED) is 0.464. The van der Waals surface area contributed by atoms with Crippen LogP contribution in [0.4, 0.5) is 0 Å². The second-order valence-corrected chi connectivity index (χ2v) is 10.8. The van der Waals surface area contributed by atoms with Gasteiger partial charge in [0.1, 0.15) is 5.82 Å². The topological polar surface area (TPSA) is 70.5 Å². The monoisotopic (exact) mass is 501 g/mol. The highest BCUT2D eigenvalue weighted by atomic mass is 16.2. The average molecular weight is 502 g/mol. The summed E-state index contributed by atoms with van der Waals surface area (Å²) in [5.74, 6) is 1.08. The normalized spacial score (nSPS) is 22.2. The fourth-order valence-electron chi connectivity index (χ4n) is 6.43. The number of hydrogen-bond acceptors (Lipinski definition) is 4. The summed E-state index contributed by atoms with van der Waals surface area (Å²) in [6.45, 7) is 5.07. The van der Waals surface area contributed by atoms with Crippen LogP contribution in [0.3, 0.4) is 0 Å². The molecule has 7 heteroatoms. The Morgan fingerprint density at radius 2 is 1.70 bits per heavy atom. The fraction of sp³-hybridized carbons (Fsp3) is 0.500. The molecule has 2 fully saturated rings. The molecule has 3 atom stereocenters. The smallest absolute Gasteiger partial charge is 0.222 e. The maximum Gasteiger partial charge on any atom is 0.222 e. The van der Waals surface area contributed by atoms with E-state index in [0.29, 0.717) is 31.1 Å². The van der Waals surface area contributed by atoms with E-state index in [-0.39, 0.29) is 17.9 Å². The number of carbonyl (C=O) groups excluding carboxylic acids is 2. The molecule has 1 N–H and O–H groups in total. The third-order valence-corrected chi connectivity index (χ3v) is 8.42. The maximum atomic E-state index is 12.8. The van der Waals surface area contributed by atoms with Gasteiger partial charge in [-0.1, -0.05) is 42.5 Å². The van der Waals surface area contributed by atoms with Crippen LogP contribution in [0.1, 0.15) is 68.9 Å². The molecule has 2 aromatic carbocycles. The summed E-state index contributed by atoms with van der Waals surface area (Å²) in [5.41, 5.74) is 3.48. The molecule has 3 heterocycles. The van der Waals surface area contributed by atoms with Gasteiger partial charge in [-0.3, -0.25) is 14.5 Å². The predicted octanol–water partition coefficient (Wildman–Crippen LogP) is 4.63. The van der Waals surface area contributed by atoms with Crippen molar-refractivity contribution < 1.29 is 9.59 Å². The van der Waals surface area contributed by atoms with E-state index in [9.17, 15) is 9.59 Å². The molecule has 7 nitrogen and oxygen atoms in total. The molecular formula is C30H39N5O2. The SMILES string of the molecule is CC(=O)N(C)CCC(=O)N[C@@H](CCN1C2CCC1CC(n1c(C)nc3ccccc31)C2)c1ccccc1. The third kappa shape index (κ3) is 5.57. The Morgan fingerprint density at radius 1 is 1.03 bits per heavy atom. The highest BCUT2D eigenvalue weighted by molar-refractivity contribution is 5.78. The molecule has 37 heavy (non-hydrogen) atoms. The van der Waals surface area contributed by atoms with Gasteiger partial charge in [-0.25, -0.2) is 4.98 Å². The van der Waals surface area contributed by atoms with E-state index in [1.807, 2.05) is 18.2 Å². The Morgan fingerprint density at radius 3 is 2.41 bits per heavy atom. The van der Waals surface area contributed by atoms with Crippen LogP contribution in [0, 0.1) is 6.92 Å². The van der Waals surface area contributed by atoms with Gasteiger partial charge in [0.05, 0.1) is 17.1 Å². The molecule has 196 valence electrons. The lowest BCUT2D eigenvalue weighted by Crippen LogP contribution is -2.45. The number of imidazole rings is 1. The number of para-hydroxylation sites is 2. The van der Waals surface area contributed by atoms with Crippen LogP contribution in [0.5, 0.6) is 0 Å². The average Bonchev–Trinajstić information content (AvgIpc) is 3.35. The highest BCUT2D eigenvalue weighted by Crippen LogP contribution is 2.42. The van der Waals surface area contributed by atoms with E-state index in [4.69, 9.17) is 4.98 Å². The Kier molecular flexibility index (Phi) is 7.60. The Labute approximate surface area is 219 Å². The first-order chi connectivity index (χ1) is 17.9. The standard InChI is InChI=1S/C30H39N5O2/c1-21-31-28-11-7-8-12-29(28)35(21)26-19-24-13-14-25(20-26)34(24)18-15-27(23-9-5-4-6-10-23)32-30(37)16-17-33(3)22(2)36/h4-12,24-27H,13-20H2,1-3H3,(H,32,37)/t24?,25?,26?,27-/m0/s1. The second kappa shape index (κ2) is 11.1. The molecule has 2 unspecified atom stereocenters. The van der Waals surface area contributed by atoms with E-state index in [0.717, 1.165) is 42.7 Å². The first kappa shape index (κ1) is 25.5. The molecule has 2 aliphatic heterocycles. The first-order valence-corrected chi connectivity index (χ1v) is 13.7. The number of fused-ring (bicyclic) bond motifs is 3. The lowest BCUT2D eigenvalue weighted by Gasteiger charge is -2.40. The Bertz CT molecular complexity index is 1230. The van der Waals surface area contributed by atoms with Gasteiger partial charge < -0.3 is 14.8 Å². The minimum absolute atomic E-state index is 0.00825. The van der Waals surface area contributed by atoms with Crippen molar-refractivity contribution in [3.05, 3.63) is 66.0 Å². The molecule has 0 aliphatic carbocycles. The zero-order valence-electron chi connectivity index (χ0n) is 22.3. The van der Waals surface area contributed by atoms with Crippen molar-refractivity contribution in [3.8, 4) is 0 Å². The summed E-state index contributed by atoms with van der Waals surface area (Å²) in [6, 6.07) is 20.4. The minimum atomic E-state index is -0.0340. The summed E-state index contributed by atoms with van der Waals surface area (Å²) in [4.78, 5) is 33.4. The van der Waals surface area contributed by atoms with Gasteiger partial charge in [-0.2, -0.15) is 0 Å². The van der Waals surface area contributed by atoms with Crippen molar-refractivity contribution in [3.63, 3.8) is 0 Å².